The Labute approximate surface area is 111 Å². The second-order valence-corrected chi connectivity index (χ2v) is 5.27. The van der Waals surface area contributed by atoms with Crippen molar-refractivity contribution in [3.05, 3.63) is 0 Å². The summed E-state index contributed by atoms with van der Waals surface area (Å²) in [6, 6.07) is 0.379. The van der Waals surface area contributed by atoms with Crippen molar-refractivity contribution in [2.75, 3.05) is 19.6 Å². The number of carbonyl (C=O) groups excluding carboxylic acids is 1. The van der Waals surface area contributed by atoms with Crippen molar-refractivity contribution in [3.63, 3.8) is 0 Å². The summed E-state index contributed by atoms with van der Waals surface area (Å²) in [6.07, 6.45) is 7.38. The Morgan fingerprint density at radius 3 is 2.41 bits per heavy atom. The van der Waals surface area contributed by atoms with E-state index in [0.29, 0.717) is 17.9 Å². The van der Waals surface area contributed by atoms with Gasteiger partial charge in [0.15, 0.2) is 0 Å². The number of halogens is 1. The van der Waals surface area contributed by atoms with Crippen LogP contribution in [0.5, 0.6) is 0 Å². The van der Waals surface area contributed by atoms with Gasteiger partial charge in [0.1, 0.15) is 0 Å². The highest BCUT2D eigenvalue weighted by Gasteiger charge is 2.29. The molecule has 0 bridgehead atoms. The lowest BCUT2D eigenvalue weighted by Crippen LogP contribution is -2.53. The fourth-order valence-corrected chi connectivity index (χ4v) is 2.93. The van der Waals surface area contributed by atoms with Gasteiger partial charge in [-0.1, -0.05) is 25.7 Å². The maximum atomic E-state index is 12.4. The third-order valence-corrected chi connectivity index (χ3v) is 3.99. The molecule has 1 amide bonds. The first-order valence-corrected chi connectivity index (χ1v) is 6.80. The number of amides is 1. The number of nitrogens with one attached hydrogen (secondary N) is 1. The first-order valence-electron chi connectivity index (χ1n) is 6.80. The molecular weight excluding hydrogens is 236 g/mol. The Morgan fingerprint density at radius 1 is 1.18 bits per heavy atom. The molecule has 3 nitrogen and oxygen atoms in total. The van der Waals surface area contributed by atoms with Crippen LogP contribution in [0.15, 0.2) is 0 Å². The van der Waals surface area contributed by atoms with Crippen LogP contribution in [0.2, 0.25) is 0 Å². The summed E-state index contributed by atoms with van der Waals surface area (Å²) >= 11 is 0. The van der Waals surface area contributed by atoms with Gasteiger partial charge in [-0.2, -0.15) is 0 Å². The fourth-order valence-electron chi connectivity index (χ4n) is 2.93. The summed E-state index contributed by atoms with van der Waals surface area (Å²) in [4.78, 5) is 14.5. The average molecular weight is 261 g/mol. The van der Waals surface area contributed by atoms with Gasteiger partial charge in [-0.15, -0.1) is 12.4 Å². The van der Waals surface area contributed by atoms with E-state index in [4.69, 9.17) is 0 Å². The van der Waals surface area contributed by atoms with Crippen molar-refractivity contribution < 1.29 is 4.79 Å². The smallest absolute Gasteiger partial charge is 0.226 e. The number of nitrogens with zero attached hydrogens (tertiary/aromatic N) is 1. The van der Waals surface area contributed by atoms with Gasteiger partial charge in [-0.25, -0.2) is 0 Å². The number of hydrogen-bond acceptors (Lipinski definition) is 2. The lowest BCUT2D eigenvalue weighted by molar-refractivity contribution is -0.138. The van der Waals surface area contributed by atoms with Gasteiger partial charge in [0.05, 0.1) is 0 Å². The predicted molar refractivity (Wildman–Crippen MR) is 72.5 cm³/mol. The maximum absolute atomic E-state index is 12.4. The van der Waals surface area contributed by atoms with E-state index >= 15 is 0 Å². The van der Waals surface area contributed by atoms with Gasteiger partial charge in [-0.05, 0) is 19.8 Å². The lowest BCUT2D eigenvalue weighted by Gasteiger charge is -2.36. The van der Waals surface area contributed by atoms with Crippen molar-refractivity contribution in [2.24, 2.45) is 5.92 Å². The molecule has 1 N–H and O–H groups in total. The molecule has 4 heteroatoms. The minimum absolute atomic E-state index is 0. The number of carbonyl (C=O) groups is 1. The second-order valence-electron chi connectivity index (χ2n) is 5.27. The first kappa shape index (κ1) is 14.8. The predicted octanol–water partition coefficient (Wildman–Crippen LogP) is 2.20. The zero-order valence-corrected chi connectivity index (χ0v) is 11.6. The van der Waals surface area contributed by atoms with Crippen molar-refractivity contribution >= 4 is 18.3 Å². The Balaban J connectivity index is 0.00000144. The van der Waals surface area contributed by atoms with E-state index < -0.39 is 0 Å². The minimum Gasteiger partial charge on any atom is -0.337 e. The molecule has 1 saturated carbocycles. The minimum atomic E-state index is 0. The third kappa shape index (κ3) is 3.85. The lowest BCUT2D eigenvalue weighted by atomic mass is 9.97. The van der Waals surface area contributed by atoms with E-state index in [1.165, 1.54) is 25.7 Å². The SMILES string of the molecule is C[C@@H]1CNCCN1C(=O)C1CCCCCC1.Cl. The van der Waals surface area contributed by atoms with Crippen molar-refractivity contribution in [3.8, 4) is 0 Å². The van der Waals surface area contributed by atoms with E-state index in [0.717, 1.165) is 32.5 Å². The molecule has 1 saturated heterocycles. The molecule has 100 valence electrons. The number of hydrogen-bond donors (Lipinski definition) is 1. The van der Waals surface area contributed by atoms with E-state index in [9.17, 15) is 4.79 Å². The molecule has 0 aromatic heterocycles. The van der Waals surface area contributed by atoms with E-state index in [1.807, 2.05) is 0 Å². The summed E-state index contributed by atoms with van der Waals surface area (Å²) in [5.41, 5.74) is 0. The summed E-state index contributed by atoms with van der Waals surface area (Å²) in [6.45, 7) is 4.97. The van der Waals surface area contributed by atoms with Crippen LogP contribution in [-0.2, 0) is 4.79 Å². The van der Waals surface area contributed by atoms with Crippen LogP contribution in [0.25, 0.3) is 0 Å². The van der Waals surface area contributed by atoms with E-state index in [1.54, 1.807) is 0 Å². The van der Waals surface area contributed by atoms with Crippen LogP contribution >= 0.6 is 12.4 Å². The molecule has 0 aromatic rings. The van der Waals surface area contributed by atoms with Gasteiger partial charge < -0.3 is 10.2 Å². The molecule has 2 aliphatic rings. The highest BCUT2D eigenvalue weighted by molar-refractivity contribution is 5.85. The van der Waals surface area contributed by atoms with Crippen LogP contribution in [-0.4, -0.2) is 36.5 Å². The molecule has 2 rings (SSSR count). The quantitative estimate of drug-likeness (QED) is 0.733. The third-order valence-electron chi connectivity index (χ3n) is 3.99. The summed E-state index contributed by atoms with van der Waals surface area (Å²) in [7, 11) is 0. The Morgan fingerprint density at radius 2 is 1.82 bits per heavy atom. The highest BCUT2D eigenvalue weighted by Crippen LogP contribution is 2.25. The molecule has 0 aromatic carbocycles. The number of rotatable bonds is 1. The Bertz CT molecular complexity index is 240. The molecular formula is C13H25ClN2O. The largest absolute Gasteiger partial charge is 0.337 e. The molecule has 1 aliphatic heterocycles. The van der Waals surface area contributed by atoms with Crippen LogP contribution in [0.4, 0.5) is 0 Å². The van der Waals surface area contributed by atoms with E-state index in [2.05, 4.69) is 17.1 Å². The molecule has 0 unspecified atom stereocenters. The van der Waals surface area contributed by atoms with Crippen molar-refractivity contribution in [1.29, 1.82) is 0 Å². The number of piperazine rings is 1. The van der Waals surface area contributed by atoms with Gasteiger partial charge >= 0.3 is 0 Å². The standard InChI is InChI=1S/C13H24N2O.ClH/c1-11-10-14-8-9-15(11)13(16)12-6-4-2-3-5-7-12;/h11-12,14H,2-10H2,1H3;1H/t11-;/m1./s1. The summed E-state index contributed by atoms with van der Waals surface area (Å²) in [5.74, 6) is 0.749. The van der Waals surface area contributed by atoms with Gasteiger partial charge in [0.25, 0.3) is 0 Å². The molecule has 0 radical (unpaired) electrons. The highest BCUT2D eigenvalue weighted by atomic mass is 35.5. The molecule has 1 aliphatic carbocycles. The fraction of sp³-hybridized carbons (Fsp3) is 0.923. The van der Waals surface area contributed by atoms with Crippen LogP contribution < -0.4 is 5.32 Å². The van der Waals surface area contributed by atoms with Gasteiger partial charge in [-0.3, -0.25) is 4.79 Å². The van der Waals surface area contributed by atoms with E-state index in [-0.39, 0.29) is 12.4 Å². The zero-order chi connectivity index (χ0) is 11.4. The van der Waals surface area contributed by atoms with Crippen molar-refractivity contribution in [2.45, 2.75) is 51.5 Å². The molecule has 1 atom stereocenters. The van der Waals surface area contributed by atoms with Gasteiger partial charge in [0.2, 0.25) is 5.91 Å². The van der Waals surface area contributed by atoms with Gasteiger partial charge in [0, 0.05) is 31.6 Å². The van der Waals surface area contributed by atoms with Crippen molar-refractivity contribution in [1.82, 2.24) is 10.2 Å². The zero-order valence-electron chi connectivity index (χ0n) is 10.8. The van der Waals surface area contributed by atoms with Crippen LogP contribution in [0.1, 0.15) is 45.4 Å². The average Bonchev–Trinajstić information content (AvgIpc) is 2.57. The monoisotopic (exact) mass is 260 g/mol. The normalized spacial score (nSPS) is 27.1. The molecule has 1 heterocycles. The summed E-state index contributed by atoms with van der Waals surface area (Å²) in [5, 5.41) is 3.34. The first-order chi connectivity index (χ1) is 7.79. The topological polar surface area (TPSA) is 32.3 Å². The Kier molecular flexibility index (Phi) is 6.28. The molecule has 2 fully saturated rings. The Hall–Kier alpha value is -0.280. The van der Waals surface area contributed by atoms with Crippen LogP contribution in [0, 0.1) is 5.92 Å². The van der Waals surface area contributed by atoms with Crippen LogP contribution in [0.3, 0.4) is 0 Å². The summed E-state index contributed by atoms with van der Waals surface area (Å²) < 4.78 is 0. The molecule has 0 spiro atoms. The second kappa shape index (κ2) is 7.22. The molecule has 17 heavy (non-hydrogen) atoms. The maximum Gasteiger partial charge on any atom is 0.226 e.